The Morgan fingerprint density at radius 1 is 1.70 bits per heavy atom. The maximum absolute atomic E-state index is 5.58. The fraction of sp³-hybridized carbons (Fsp3) is 0.143. The van der Waals surface area contributed by atoms with Crippen molar-refractivity contribution in [3.63, 3.8) is 0 Å². The minimum atomic E-state index is 0.676. The molecule has 52 valence electrons. The van der Waals surface area contributed by atoms with Gasteiger partial charge in [0.2, 0.25) is 0 Å². The van der Waals surface area contributed by atoms with Gasteiger partial charge in [-0.05, 0) is 6.07 Å². The first-order chi connectivity index (χ1) is 4.72. The van der Waals surface area contributed by atoms with Crippen LogP contribution in [0.15, 0.2) is 18.5 Å². The molecule has 0 unspecified atom stereocenters. The Kier molecular flexibility index (Phi) is 1.67. The van der Waals surface area contributed by atoms with Crippen molar-refractivity contribution in [2.45, 2.75) is 6.92 Å². The average Bonchev–Trinajstić information content (AvgIpc) is 1.88. The number of anilines is 1. The van der Waals surface area contributed by atoms with Crippen LogP contribution in [0.3, 0.4) is 0 Å². The van der Waals surface area contributed by atoms with E-state index in [1.165, 1.54) is 0 Å². The lowest BCUT2D eigenvalue weighted by Gasteiger charge is -1.95. The second kappa shape index (κ2) is 2.47. The molecule has 0 atom stereocenters. The van der Waals surface area contributed by atoms with E-state index in [9.17, 15) is 0 Å². The van der Waals surface area contributed by atoms with E-state index < -0.39 is 0 Å². The molecule has 0 saturated carbocycles. The Labute approximate surface area is 59.4 Å². The zero-order chi connectivity index (χ0) is 7.56. The number of nitrogens with zero attached hydrogens (tertiary/aromatic N) is 1. The smallest absolute Gasteiger partial charge is 0.180 e. The van der Waals surface area contributed by atoms with Gasteiger partial charge in [0.05, 0.1) is 5.56 Å². The maximum Gasteiger partial charge on any atom is 0.180 e. The fourth-order valence-corrected chi connectivity index (χ4v) is 0.735. The largest absolute Gasteiger partial charge is 0.398 e. The van der Waals surface area contributed by atoms with Crippen molar-refractivity contribution >= 4 is 11.4 Å². The van der Waals surface area contributed by atoms with Gasteiger partial charge in [-0.2, -0.15) is 0 Å². The van der Waals surface area contributed by atoms with Gasteiger partial charge in [-0.3, -0.25) is 10.4 Å². The molecule has 0 fully saturated rings. The van der Waals surface area contributed by atoms with E-state index in [-0.39, 0.29) is 0 Å². The Hall–Kier alpha value is -1.38. The van der Waals surface area contributed by atoms with E-state index >= 15 is 0 Å². The van der Waals surface area contributed by atoms with Gasteiger partial charge in [0, 0.05) is 25.0 Å². The van der Waals surface area contributed by atoms with Crippen LogP contribution in [0, 0.1) is 0 Å². The van der Waals surface area contributed by atoms with E-state index in [0.29, 0.717) is 11.4 Å². The molecule has 0 aliphatic rings. The molecule has 10 heavy (non-hydrogen) atoms. The summed E-state index contributed by atoms with van der Waals surface area (Å²) < 4.78 is 0. The third-order valence-electron chi connectivity index (χ3n) is 1.28. The van der Waals surface area contributed by atoms with E-state index in [1.807, 2.05) is 0 Å². The van der Waals surface area contributed by atoms with E-state index in [0.717, 1.165) is 5.56 Å². The van der Waals surface area contributed by atoms with E-state index in [4.69, 9.17) is 11.1 Å². The van der Waals surface area contributed by atoms with Crippen LogP contribution in [0.1, 0.15) is 12.5 Å². The van der Waals surface area contributed by atoms with Crippen LogP contribution in [-0.2, 0) is 0 Å². The maximum atomic E-state index is 5.58. The van der Waals surface area contributed by atoms with Gasteiger partial charge in [0.1, 0.15) is 0 Å². The van der Waals surface area contributed by atoms with Gasteiger partial charge in [-0.1, -0.05) is 0 Å². The molecule has 0 aliphatic heterocycles. The van der Waals surface area contributed by atoms with Crippen molar-refractivity contribution in [3.8, 4) is 0 Å². The Balaban J connectivity index is 3.15. The predicted octanol–water partition coefficient (Wildman–Crippen LogP) is -0.768. The molecule has 0 aliphatic carbocycles. The third-order valence-corrected chi connectivity index (χ3v) is 1.28. The molecule has 1 rings (SSSR count). The lowest BCUT2D eigenvalue weighted by atomic mass is 10.2. The number of hydrogen-bond acceptors (Lipinski definition) is 2. The molecule has 3 heteroatoms. The highest BCUT2D eigenvalue weighted by molar-refractivity contribution is 5.98. The number of rotatable bonds is 1. The topological polar surface area (TPSA) is 64.5 Å². The number of aromatic nitrogens is 1. The van der Waals surface area contributed by atoms with Crippen LogP contribution in [0.25, 0.3) is 0 Å². The lowest BCUT2D eigenvalue weighted by Crippen LogP contribution is -2.38. The molecule has 1 heterocycles. The minimum Gasteiger partial charge on any atom is -0.398 e. The van der Waals surface area contributed by atoms with Crippen molar-refractivity contribution in [2.75, 3.05) is 5.73 Å². The molecule has 0 radical (unpaired) electrons. The van der Waals surface area contributed by atoms with Crippen LogP contribution >= 0.6 is 0 Å². The first-order valence-electron chi connectivity index (χ1n) is 3.00. The Bertz CT molecular complexity index is 255. The van der Waals surface area contributed by atoms with Gasteiger partial charge >= 0.3 is 0 Å². The molecule has 1 aromatic heterocycles. The second-order valence-corrected chi connectivity index (χ2v) is 2.15. The summed E-state index contributed by atoms with van der Waals surface area (Å²) in [5, 5.41) is 5.51. The van der Waals surface area contributed by atoms with Crippen LogP contribution < -0.4 is 11.1 Å². The highest BCUT2D eigenvalue weighted by atomic mass is 14.7. The van der Waals surface area contributed by atoms with Crippen LogP contribution in [0.4, 0.5) is 5.69 Å². The minimum absolute atomic E-state index is 0.676. The molecule has 3 nitrogen and oxygen atoms in total. The number of nitrogens with two attached hydrogens (primary N) is 2. The molecule has 0 amide bonds. The summed E-state index contributed by atoms with van der Waals surface area (Å²) in [7, 11) is 0. The molecule has 4 N–H and O–H groups in total. The van der Waals surface area contributed by atoms with Crippen molar-refractivity contribution in [1.82, 2.24) is 4.98 Å². The Morgan fingerprint density at radius 3 is 2.80 bits per heavy atom. The standard InChI is InChI=1S/C7H9N3/c1-5(8)6-4-10-3-2-7(6)9/h2-4,8H,1H3,(H2,9,10)/p+1. The number of pyridine rings is 1. The monoisotopic (exact) mass is 136 g/mol. The van der Waals surface area contributed by atoms with E-state index in [2.05, 4.69) is 4.98 Å². The molecule has 0 aromatic carbocycles. The van der Waals surface area contributed by atoms with Crippen LogP contribution in [0.2, 0.25) is 0 Å². The highest BCUT2D eigenvalue weighted by Gasteiger charge is 2.02. The number of hydrogen-bond donors (Lipinski definition) is 2. The molecule has 0 bridgehead atoms. The van der Waals surface area contributed by atoms with Crippen LogP contribution in [0.5, 0.6) is 0 Å². The second-order valence-electron chi connectivity index (χ2n) is 2.15. The summed E-state index contributed by atoms with van der Waals surface area (Å²) in [6.45, 7) is 1.80. The summed E-state index contributed by atoms with van der Waals surface area (Å²) >= 11 is 0. The van der Waals surface area contributed by atoms with Gasteiger partial charge < -0.3 is 5.73 Å². The average molecular weight is 136 g/mol. The summed E-state index contributed by atoms with van der Waals surface area (Å²) in [5.74, 6) is 0. The van der Waals surface area contributed by atoms with Crippen LogP contribution in [-0.4, -0.2) is 10.7 Å². The van der Waals surface area contributed by atoms with Gasteiger partial charge in [0.15, 0.2) is 5.71 Å². The molecule has 1 aromatic rings. The third kappa shape index (κ3) is 1.13. The zero-order valence-corrected chi connectivity index (χ0v) is 5.83. The predicted molar refractivity (Wildman–Crippen MR) is 40.4 cm³/mol. The summed E-state index contributed by atoms with van der Waals surface area (Å²) in [6, 6.07) is 1.73. The summed E-state index contributed by atoms with van der Waals surface area (Å²) in [6.07, 6.45) is 3.30. The summed E-state index contributed by atoms with van der Waals surface area (Å²) in [5.41, 5.74) is 7.78. The van der Waals surface area contributed by atoms with Gasteiger partial charge in [-0.15, -0.1) is 0 Å². The SMILES string of the molecule is CC(=[NH2+])c1cnccc1N. The number of nitrogen functional groups attached to an aromatic ring is 1. The van der Waals surface area contributed by atoms with Crippen molar-refractivity contribution in [2.24, 2.45) is 0 Å². The zero-order valence-electron chi connectivity index (χ0n) is 5.83. The fourth-order valence-electron chi connectivity index (χ4n) is 0.735. The molecular weight excluding hydrogens is 126 g/mol. The lowest BCUT2D eigenvalue weighted by molar-refractivity contribution is -0.113. The van der Waals surface area contributed by atoms with Gasteiger partial charge in [0.25, 0.3) is 0 Å². The van der Waals surface area contributed by atoms with E-state index in [1.54, 1.807) is 25.4 Å². The first kappa shape index (κ1) is 6.74. The normalized spacial score (nSPS) is 9.30. The van der Waals surface area contributed by atoms with Crippen molar-refractivity contribution < 1.29 is 5.41 Å². The Morgan fingerprint density at radius 2 is 2.40 bits per heavy atom. The molecular formula is C7H10N3+. The van der Waals surface area contributed by atoms with Gasteiger partial charge in [-0.25, -0.2) is 0 Å². The molecule has 0 spiro atoms. The highest BCUT2D eigenvalue weighted by Crippen LogP contribution is 2.06. The van der Waals surface area contributed by atoms with Crippen molar-refractivity contribution in [1.29, 1.82) is 0 Å². The molecule has 0 saturated heterocycles. The van der Waals surface area contributed by atoms with Crippen molar-refractivity contribution in [3.05, 3.63) is 24.0 Å². The first-order valence-corrected chi connectivity index (χ1v) is 3.00. The summed E-state index contributed by atoms with van der Waals surface area (Å²) in [4.78, 5) is 3.89. The quantitative estimate of drug-likeness (QED) is 0.498.